The molecule has 0 aliphatic heterocycles. The zero-order chi connectivity index (χ0) is 23.1. The van der Waals surface area contributed by atoms with Crippen LogP contribution in [0.15, 0.2) is 97.4 Å². The number of hydrogen-bond acceptors (Lipinski definition) is 3. The first-order chi connectivity index (χ1) is 16.8. The molecule has 6 rings (SSSR count). The van der Waals surface area contributed by atoms with Gasteiger partial charge in [-0.05, 0) is 60.3 Å². The molecule has 5 heteroatoms. The molecule has 0 spiro atoms. The lowest BCUT2D eigenvalue weighted by molar-refractivity contribution is 1.07. The molecule has 160 valence electrons. The third-order valence-electron chi connectivity index (χ3n) is 6.05. The summed E-state index contributed by atoms with van der Waals surface area (Å²) >= 11 is 0. The van der Waals surface area contributed by atoms with Gasteiger partial charge in [0.25, 0.3) is 6.57 Å². The van der Waals surface area contributed by atoms with Crippen LogP contribution in [0, 0.1) is 6.57 Å². The van der Waals surface area contributed by atoms with E-state index in [9.17, 15) is 0 Å². The maximum absolute atomic E-state index is 5.69. The van der Waals surface area contributed by atoms with Crippen molar-refractivity contribution in [3.8, 4) is 12.4 Å². The maximum atomic E-state index is 5.69. The van der Waals surface area contributed by atoms with Gasteiger partial charge >= 0.3 is 5.70 Å². The van der Waals surface area contributed by atoms with E-state index >= 15 is 0 Å². The topological polar surface area (TPSA) is 48.0 Å². The fourth-order valence-corrected chi connectivity index (χ4v) is 4.48. The van der Waals surface area contributed by atoms with E-state index in [1.165, 1.54) is 0 Å². The minimum atomic E-state index is 0.714. The van der Waals surface area contributed by atoms with E-state index in [2.05, 4.69) is 56.9 Å². The molecule has 0 atom stereocenters. The van der Waals surface area contributed by atoms with Crippen LogP contribution in [0.1, 0.15) is 12.5 Å². The first-order valence-corrected chi connectivity index (χ1v) is 11.1. The van der Waals surface area contributed by atoms with Crippen LogP contribution in [0.3, 0.4) is 0 Å². The predicted molar refractivity (Wildman–Crippen MR) is 140 cm³/mol. The Labute approximate surface area is 196 Å². The van der Waals surface area contributed by atoms with Gasteiger partial charge in [0.15, 0.2) is 0 Å². The van der Waals surface area contributed by atoms with Crippen molar-refractivity contribution in [1.29, 1.82) is 0 Å². The quantitative estimate of drug-likeness (QED) is 0.218. The Hall–Kier alpha value is -4.82. The largest absolute Gasteiger partial charge is 0.347 e. The van der Waals surface area contributed by atoms with E-state index < -0.39 is 0 Å². The summed E-state index contributed by atoms with van der Waals surface area (Å²) in [4.78, 5) is 18.4. The monoisotopic (exact) mass is 438 g/mol. The van der Waals surface area contributed by atoms with Gasteiger partial charge in [-0.25, -0.2) is 9.97 Å². The maximum Gasteiger partial charge on any atom is 0.347 e. The third-order valence-corrected chi connectivity index (χ3v) is 6.05. The van der Waals surface area contributed by atoms with Crippen molar-refractivity contribution in [2.45, 2.75) is 6.92 Å². The van der Waals surface area contributed by atoms with Gasteiger partial charge in [0, 0.05) is 40.0 Å². The van der Waals surface area contributed by atoms with E-state index in [0.717, 1.165) is 55.1 Å². The van der Waals surface area contributed by atoms with Crippen molar-refractivity contribution >= 4 is 49.4 Å². The Morgan fingerprint density at radius 3 is 2.53 bits per heavy atom. The number of hydrogen-bond donors (Lipinski definition) is 0. The van der Waals surface area contributed by atoms with Gasteiger partial charge < -0.3 is 0 Å². The number of pyridine rings is 3. The predicted octanol–water partition coefficient (Wildman–Crippen LogP) is 7.15. The lowest BCUT2D eigenvalue weighted by Crippen LogP contribution is -1.99. The van der Waals surface area contributed by atoms with Crippen LogP contribution in [0.5, 0.6) is 0 Å². The minimum Gasteiger partial charge on any atom is -0.278 e. The van der Waals surface area contributed by atoms with Crippen molar-refractivity contribution in [3.63, 3.8) is 0 Å². The van der Waals surface area contributed by atoms with E-state index in [0.29, 0.717) is 5.70 Å². The molecule has 0 N–H and O–H groups in total. The van der Waals surface area contributed by atoms with Crippen LogP contribution in [0.25, 0.3) is 60.1 Å². The second-order valence-corrected chi connectivity index (χ2v) is 8.03. The van der Waals surface area contributed by atoms with Crippen molar-refractivity contribution < 1.29 is 0 Å². The van der Waals surface area contributed by atoms with E-state index in [-0.39, 0.29) is 0 Å². The number of rotatable bonds is 3. The molecule has 34 heavy (non-hydrogen) atoms. The molecule has 0 fully saturated rings. The molecular formula is C29H20N5+. The van der Waals surface area contributed by atoms with Gasteiger partial charge in [0.1, 0.15) is 11.5 Å². The number of allylic oxidation sites excluding steroid dienone is 3. The standard InChI is InChI=1S/C29H20N5/c1-3-4-9-24(30-2)21-12-14-25-23(18-21)22-8-6-17-32-29(22)34(25)26-15-13-20-11-10-19-7-5-16-31-27(19)28(20)33-26/h2-18H,1H3/q+1/b4-3-,24-9-. The SMILES string of the molecule is C#[N+]/C(=C\C=C/C)c1ccc2c(c1)c1cccnc1n2-c1ccc2ccc3cccnc3c2n1. The Kier molecular flexibility index (Phi) is 4.64. The molecule has 0 amide bonds. The highest BCUT2D eigenvalue weighted by molar-refractivity contribution is 6.09. The van der Waals surface area contributed by atoms with Gasteiger partial charge in [-0.3, -0.25) is 9.55 Å². The second kappa shape index (κ2) is 7.95. The molecule has 0 saturated carbocycles. The molecule has 2 aromatic carbocycles. The summed E-state index contributed by atoms with van der Waals surface area (Å²) in [5.74, 6) is 0.797. The molecule has 0 radical (unpaired) electrons. The molecule has 0 aliphatic carbocycles. The average molecular weight is 439 g/mol. The Morgan fingerprint density at radius 2 is 1.68 bits per heavy atom. The Balaban J connectivity index is 1.65. The summed E-state index contributed by atoms with van der Waals surface area (Å²) in [5.41, 5.74) is 5.28. The zero-order valence-corrected chi connectivity index (χ0v) is 18.6. The van der Waals surface area contributed by atoms with Crippen molar-refractivity contribution in [2.24, 2.45) is 0 Å². The fraction of sp³-hybridized carbons (Fsp3) is 0.0345. The van der Waals surface area contributed by atoms with E-state index in [1.807, 2.05) is 55.6 Å². The molecule has 0 aliphatic rings. The molecule has 4 aromatic heterocycles. The lowest BCUT2D eigenvalue weighted by atomic mass is 10.1. The third kappa shape index (κ3) is 3.05. The highest BCUT2D eigenvalue weighted by atomic mass is 15.1. The van der Waals surface area contributed by atoms with E-state index in [4.69, 9.17) is 16.5 Å². The fourth-order valence-electron chi connectivity index (χ4n) is 4.48. The van der Waals surface area contributed by atoms with Gasteiger partial charge in [-0.15, -0.1) is 0 Å². The molecule has 0 saturated heterocycles. The first-order valence-electron chi connectivity index (χ1n) is 11.1. The van der Waals surface area contributed by atoms with Crippen molar-refractivity contribution in [2.75, 3.05) is 0 Å². The van der Waals surface area contributed by atoms with Crippen LogP contribution < -0.4 is 0 Å². The zero-order valence-electron chi connectivity index (χ0n) is 18.6. The van der Waals surface area contributed by atoms with Crippen molar-refractivity contribution in [3.05, 3.63) is 108 Å². The van der Waals surface area contributed by atoms with Gasteiger partial charge in [-0.2, -0.15) is 0 Å². The van der Waals surface area contributed by atoms with Crippen LogP contribution in [0.4, 0.5) is 0 Å². The second-order valence-electron chi connectivity index (χ2n) is 8.03. The number of fused-ring (bicyclic) bond motifs is 6. The summed E-state index contributed by atoms with van der Waals surface area (Å²) in [6.45, 7) is 7.65. The number of benzene rings is 2. The van der Waals surface area contributed by atoms with Gasteiger partial charge in [0.05, 0.1) is 22.1 Å². The summed E-state index contributed by atoms with van der Waals surface area (Å²) in [6.07, 6.45) is 9.40. The van der Waals surface area contributed by atoms with Crippen LogP contribution in [-0.4, -0.2) is 19.5 Å². The summed E-state index contributed by atoms with van der Waals surface area (Å²) < 4.78 is 2.10. The summed E-state index contributed by atoms with van der Waals surface area (Å²) in [7, 11) is 0. The molecule has 4 heterocycles. The van der Waals surface area contributed by atoms with Crippen LogP contribution in [-0.2, 0) is 0 Å². The molecular weight excluding hydrogens is 418 g/mol. The molecule has 0 bridgehead atoms. The Bertz CT molecular complexity index is 1830. The smallest absolute Gasteiger partial charge is 0.278 e. The van der Waals surface area contributed by atoms with Gasteiger partial charge in [0.2, 0.25) is 0 Å². The number of nitrogens with zero attached hydrogens (tertiary/aromatic N) is 5. The lowest BCUT2D eigenvalue weighted by Gasteiger charge is -2.09. The van der Waals surface area contributed by atoms with Crippen molar-refractivity contribution in [1.82, 2.24) is 19.5 Å². The highest BCUT2D eigenvalue weighted by Crippen LogP contribution is 2.33. The van der Waals surface area contributed by atoms with Crippen LogP contribution in [0.2, 0.25) is 0 Å². The highest BCUT2D eigenvalue weighted by Gasteiger charge is 2.18. The Morgan fingerprint density at radius 1 is 0.882 bits per heavy atom. The summed E-state index contributed by atoms with van der Waals surface area (Å²) in [6, 6.07) is 22.5. The summed E-state index contributed by atoms with van der Waals surface area (Å²) in [5, 5.41) is 4.22. The van der Waals surface area contributed by atoms with E-state index in [1.54, 1.807) is 6.20 Å². The first kappa shape index (κ1) is 19.8. The minimum absolute atomic E-state index is 0.714. The normalized spacial score (nSPS) is 12.3. The van der Waals surface area contributed by atoms with Crippen LogP contribution >= 0.6 is 0 Å². The number of aromatic nitrogens is 4. The molecule has 6 aromatic rings. The molecule has 5 nitrogen and oxygen atoms in total. The van der Waals surface area contributed by atoms with Gasteiger partial charge in [-0.1, -0.05) is 30.4 Å². The average Bonchev–Trinajstić information content (AvgIpc) is 3.22. The molecule has 0 unspecified atom stereocenters.